The summed E-state index contributed by atoms with van der Waals surface area (Å²) in [6.07, 6.45) is 3.88. The fraction of sp³-hybridized carbons (Fsp3) is 1.00. The van der Waals surface area contributed by atoms with Gasteiger partial charge in [-0.2, -0.15) is 0 Å². The normalized spacial score (nSPS) is 10.6. The van der Waals surface area contributed by atoms with Crippen molar-refractivity contribution in [2.24, 2.45) is 0 Å². The highest BCUT2D eigenvalue weighted by atomic mass is 15.1. The monoisotopic (exact) mass is 139 g/mol. The van der Waals surface area contributed by atoms with E-state index in [1.807, 2.05) is 0 Å². The molecule has 0 radical (unpaired) electrons. The number of nitrogens with zero attached hydrogens (tertiary/aromatic N) is 1. The van der Waals surface area contributed by atoms with Crippen LogP contribution in [0.3, 0.4) is 0 Å². The molecular formula is C7H19B2N. The maximum Gasteiger partial charge on any atom is 0.103 e. The van der Waals surface area contributed by atoms with Crippen LogP contribution in [0.4, 0.5) is 0 Å². The van der Waals surface area contributed by atoms with E-state index >= 15 is 0 Å². The second kappa shape index (κ2) is 7.20. The molecule has 0 aromatic heterocycles. The minimum atomic E-state index is 1.28. The average Bonchev–Trinajstić information content (AvgIpc) is 1.90. The Morgan fingerprint density at radius 3 is 1.80 bits per heavy atom. The largest absolute Gasteiger partial charge is 0.305 e. The third-order valence-corrected chi connectivity index (χ3v) is 1.62. The molecule has 0 amide bonds. The van der Waals surface area contributed by atoms with Crippen molar-refractivity contribution in [1.82, 2.24) is 4.90 Å². The van der Waals surface area contributed by atoms with Crippen LogP contribution in [0.2, 0.25) is 12.6 Å². The van der Waals surface area contributed by atoms with E-state index < -0.39 is 0 Å². The quantitative estimate of drug-likeness (QED) is 0.460. The highest BCUT2D eigenvalue weighted by Crippen LogP contribution is 1.93. The molecule has 0 unspecified atom stereocenters. The maximum absolute atomic E-state index is 2.54. The van der Waals surface area contributed by atoms with Crippen LogP contribution in [0.15, 0.2) is 0 Å². The number of hydrogen-bond acceptors (Lipinski definition) is 1. The first-order valence-corrected chi connectivity index (χ1v) is 4.57. The van der Waals surface area contributed by atoms with Crippen molar-refractivity contribution < 1.29 is 0 Å². The molecule has 58 valence electrons. The fourth-order valence-electron chi connectivity index (χ4n) is 1.28. The molecule has 0 rings (SSSR count). The van der Waals surface area contributed by atoms with E-state index in [9.17, 15) is 0 Å². The van der Waals surface area contributed by atoms with Crippen molar-refractivity contribution in [2.45, 2.75) is 26.0 Å². The highest BCUT2D eigenvalue weighted by Gasteiger charge is 1.98. The third-order valence-electron chi connectivity index (χ3n) is 1.62. The Bertz CT molecular complexity index is 54.4. The van der Waals surface area contributed by atoms with Crippen LogP contribution in [0.5, 0.6) is 0 Å². The van der Waals surface area contributed by atoms with Gasteiger partial charge in [-0.1, -0.05) is 19.6 Å². The smallest absolute Gasteiger partial charge is 0.103 e. The summed E-state index contributed by atoms with van der Waals surface area (Å²) in [5, 5.41) is 0. The Balaban J connectivity index is 3.30. The number of rotatable bonds is 6. The van der Waals surface area contributed by atoms with Crippen LogP contribution in [0.25, 0.3) is 0 Å². The lowest BCUT2D eigenvalue weighted by atomic mass is 10.0. The minimum Gasteiger partial charge on any atom is -0.305 e. The highest BCUT2D eigenvalue weighted by molar-refractivity contribution is 6.09. The predicted molar refractivity (Wildman–Crippen MR) is 53.4 cm³/mol. The van der Waals surface area contributed by atoms with Gasteiger partial charge in [-0.05, 0) is 26.1 Å². The van der Waals surface area contributed by atoms with Gasteiger partial charge in [0, 0.05) is 0 Å². The van der Waals surface area contributed by atoms with Gasteiger partial charge in [-0.3, -0.25) is 0 Å². The van der Waals surface area contributed by atoms with Gasteiger partial charge in [0.05, 0.1) is 0 Å². The molecule has 0 atom stereocenters. The van der Waals surface area contributed by atoms with Gasteiger partial charge in [-0.25, -0.2) is 0 Å². The van der Waals surface area contributed by atoms with E-state index in [0.29, 0.717) is 0 Å². The molecule has 0 N–H and O–H groups in total. The van der Waals surface area contributed by atoms with Gasteiger partial charge < -0.3 is 4.90 Å². The van der Waals surface area contributed by atoms with Crippen LogP contribution in [0, 0.1) is 0 Å². The minimum absolute atomic E-state index is 1.28. The van der Waals surface area contributed by atoms with E-state index in [2.05, 4.69) is 27.5 Å². The van der Waals surface area contributed by atoms with E-state index in [1.54, 1.807) is 0 Å². The Morgan fingerprint density at radius 2 is 1.50 bits per heavy atom. The summed E-state index contributed by atoms with van der Waals surface area (Å²) in [4.78, 5) is 2.54. The van der Waals surface area contributed by atoms with Crippen molar-refractivity contribution in [3.8, 4) is 0 Å². The van der Waals surface area contributed by atoms with E-state index in [1.165, 1.54) is 38.7 Å². The van der Waals surface area contributed by atoms with Gasteiger partial charge in [0.2, 0.25) is 0 Å². The summed E-state index contributed by atoms with van der Waals surface area (Å²) in [5.74, 6) is 0. The van der Waals surface area contributed by atoms with E-state index in [4.69, 9.17) is 0 Å². The summed E-state index contributed by atoms with van der Waals surface area (Å²) in [6.45, 7) is 6.09. The molecule has 10 heavy (non-hydrogen) atoms. The molecule has 0 heterocycles. The Hall–Kier alpha value is 0.0899. The molecule has 0 bridgehead atoms. The molecule has 0 spiro atoms. The Kier molecular flexibility index (Phi) is 7.26. The van der Waals surface area contributed by atoms with Crippen molar-refractivity contribution >= 4 is 15.7 Å². The molecule has 0 aromatic carbocycles. The lowest BCUT2D eigenvalue weighted by Gasteiger charge is -2.19. The Labute approximate surface area is 67.0 Å². The summed E-state index contributed by atoms with van der Waals surface area (Å²) < 4.78 is 0. The first kappa shape index (κ1) is 10.1. The summed E-state index contributed by atoms with van der Waals surface area (Å²) in [5.41, 5.74) is 0. The zero-order valence-electron chi connectivity index (χ0n) is 7.69. The first-order chi connectivity index (χ1) is 4.85. The van der Waals surface area contributed by atoms with Crippen molar-refractivity contribution in [1.29, 1.82) is 0 Å². The van der Waals surface area contributed by atoms with Crippen LogP contribution in [-0.2, 0) is 0 Å². The van der Waals surface area contributed by atoms with Gasteiger partial charge in [-0.15, -0.1) is 0 Å². The predicted octanol–water partition coefficient (Wildman–Crippen LogP) is -0.199. The van der Waals surface area contributed by atoms with Gasteiger partial charge in [0.1, 0.15) is 15.7 Å². The van der Waals surface area contributed by atoms with Crippen molar-refractivity contribution in [3.63, 3.8) is 0 Å². The SMILES string of the molecule is BCCN(CCB)CCC. The van der Waals surface area contributed by atoms with Crippen LogP contribution < -0.4 is 0 Å². The molecule has 3 heteroatoms. The lowest BCUT2D eigenvalue weighted by Crippen LogP contribution is -2.26. The van der Waals surface area contributed by atoms with Gasteiger partial charge in [0.25, 0.3) is 0 Å². The van der Waals surface area contributed by atoms with Crippen molar-refractivity contribution in [2.75, 3.05) is 19.6 Å². The molecule has 0 saturated carbocycles. The summed E-state index contributed by atoms with van der Waals surface area (Å²) >= 11 is 0. The van der Waals surface area contributed by atoms with E-state index in [-0.39, 0.29) is 0 Å². The van der Waals surface area contributed by atoms with Gasteiger partial charge >= 0.3 is 0 Å². The Morgan fingerprint density at radius 1 is 1.00 bits per heavy atom. The second-order valence-electron chi connectivity index (χ2n) is 2.84. The van der Waals surface area contributed by atoms with Crippen LogP contribution in [0.1, 0.15) is 13.3 Å². The van der Waals surface area contributed by atoms with Crippen LogP contribution >= 0.6 is 0 Å². The topological polar surface area (TPSA) is 3.24 Å². The molecule has 0 fully saturated rings. The lowest BCUT2D eigenvalue weighted by molar-refractivity contribution is 0.305. The second-order valence-corrected chi connectivity index (χ2v) is 2.84. The fourth-order valence-corrected chi connectivity index (χ4v) is 1.28. The third kappa shape index (κ3) is 4.92. The summed E-state index contributed by atoms with van der Waals surface area (Å²) in [6, 6.07) is 0. The molecule has 0 aliphatic rings. The van der Waals surface area contributed by atoms with Crippen LogP contribution in [-0.4, -0.2) is 40.2 Å². The zero-order chi connectivity index (χ0) is 7.82. The molecular weight excluding hydrogens is 120 g/mol. The molecule has 0 aromatic rings. The first-order valence-electron chi connectivity index (χ1n) is 4.57. The van der Waals surface area contributed by atoms with Crippen molar-refractivity contribution in [3.05, 3.63) is 0 Å². The summed E-state index contributed by atoms with van der Waals surface area (Å²) in [7, 11) is 4.50. The van der Waals surface area contributed by atoms with E-state index in [0.717, 1.165) is 0 Å². The standard InChI is InChI=1S/C7H19B2N/c1-2-5-10(6-3-8)7-4-9/h2-9H2,1H3. The molecule has 0 aliphatic heterocycles. The van der Waals surface area contributed by atoms with Gasteiger partial charge in [0.15, 0.2) is 0 Å². The maximum atomic E-state index is 2.54. The number of hydrogen-bond donors (Lipinski definition) is 0. The molecule has 0 saturated heterocycles. The molecule has 0 aliphatic carbocycles. The average molecular weight is 139 g/mol. The molecule has 1 nitrogen and oxygen atoms in total. The zero-order valence-corrected chi connectivity index (χ0v) is 7.69.